The molecule has 8 heteroatoms. The Kier molecular flexibility index (Phi) is 4.41. The SMILES string of the molecule is Cc1cc(CN2CCc3c(C(=O)NC4CC4)[nH]c(=O)c(O)c3C2=O)ccc1F. The average Bonchev–Trinajstić information content (AvgIpc) is 3.47. The lowest BCUT2D eigenvalue weighted by atomic mass is 9.95. The number of aryl methyl sites for hydroxylation is 1. The summed E-state index contributed by atoms with van der Waals surface area (Å²) >= 11 is 0. The van der Waals surface area contributed by atoms with Crippen molar-refractivity contribution < 1.29 is 19.1 Å². The largest absolute Gasteiger partial charge is 0.502 e. The molecule has 2 aliphatic rings. The molecule has 146 valence electrons. The molecule has 0 atom stereocenters. The van der Waals surface area contributed by atoms with Crippen LogP contribution >= 0.6 is 0 Å². The first kappa shape index (κ1) is 18.2. The van der Waals surface area contributed by atoms with Crippen LogP contribution in [0.25, 0.3) is 0 Å². The summed E-state index contributed by atoms with van der Waals surface area (Å²) in [5.41, 5.74) is 0.608. The summed E-state index contributed by atoms with van der Waals surface area (Å²) < 4.78 is 13.5. The quantitative estimate of drug-likeness (QED) is 0.744. The fourth-order valence-electron chi connectivity index (χ4n) is 3.47. The third-order valence-corrected chi connectivity index (χ3v) is 5.16. The summed E-state index contributed by atoms with van der Waals surface area (Å²) in [7, 11) is 0. The summed E-state index contributed by atoms with van der Waals surface area (Å²) in [5, 5.41) is 13.0. The Labute approximate surface area is 160 Å². The maximum atomic E-state index is 13.5. The number of nitrogens with zero attached hydrogens (tertiary/aromatic N) is 1. The maximum Gasteiger partial charge on any atom is 0.291 e. The van der Waals surface area contributed by atoms with E-state index >= 15 is 0 Å². The smallest absolute Gasteiger partial charge is 0.291 e. The van der Waals surface area contributed by atoms with Gasteiger partial charge in [0.2, 0.25) is 0 Å². The molecule has 28 heavy (non-hydrogen) atoms. The monoisotopic (exact) mass is 385 g/mol. The minimum absolute atomic E-state index is 0.0373. The van der Waals surface area contributed by atoms with Gasteiger partial charge in [0.1, 0.15) is 11.5 Å². The summed E-state index contributed by atoms with van der Waals surface area (Å²) in [6.07, 6.45) is 2.10. The standard InChI is InChI=1S/C20H20FN3O4/c1-10-8-11(2-5-14(10)21)9-24-7-6-13-15(20(24)28)17(25)19(27)23-16(13)18(26)22-12-3-4-12/h2,5,8,12,25H,3-4,6-7,9H2,1H3,(H,22,26)(H,23,27). The Morgan fingerprint density at radius 1 is 1.36 bits per heavy atom. The van der Waals surface area contributed by atoms with Gasteiger partial charge in [-0.2, -0.15) is 0 Å². The topological polar surface area (TPSA) is 102 Å². The number of aromatic hydroxyl groups is 1. The number of amides is 2. The van der Waals surface area contributed by atoms with E-state index in [4.69, 9.17) is 0 Å². The van der Waals surface area contributed by atoms with Crippen LogP contribution in [0.2, 0.25) is 0 Å². The van der Waals surface area contributed by atoms with Crippen molar-refractivity contribution in [1.82, 2.24) is 15.2 Å². The summed E-state index contributed by atoms with van der Waals surface area (Å²) in [4.78, 5) is 41.4. The van der Waals surface area contributed by atoms with Crippen molar-refractivity contribution in [2.45, 2.75) is 38.8 Å². The molecular formula is C20H20FN3O4. The van der Waals surface area contributed by atoms with E-state index in [0.717, 1.165) is 18.4 Å². The van der Waals surface area contributed by atoms with Gasteiger partial charge >= 0.3 is 0 Å². The van der Waals surface area contributed by atoms with Crippen LogP contribution in [0, 0.1) is 12.7 Å². The molecule has 1 aliphatic heterocycles. The number of fused-ring (bicyclic) bond motifs is 1. The molecule has 1 fully saturated rings. The second-order valence-corrected chi connectivity index (χ2v) is 7.34. The van der Waals surface area contributed by atoms with E-state index in [2.05, 4.69) is 10.3 Å². The number of hydrogen-bond acceptors (Lipinski definition) is 4. The molecule has 0 spiro atoms. The molecule has 0 saturated heterocycles. The van der Waals surface area contributed by atoms with Crippen LogP contribution in [0.5, 0.6) is 5.75 Å². The fraction of sp³-hybridized carbons (Fsp3) is 0.350. The van der Waals surface area contributed by atoms with Crippen LogP contribution in [-0.2, 0) is 13.0 Å². The number of halogens is 1. The molecule has 2 aromatic rings. The van der Waals surface area contributed by atoms with Crippen LogP contribution in [0.15, 0.2) is 23.0 Å². The minimum atomic E-state index is -0.868. The van der Waals surface area contributed by atoms with Crippen LogP contribution in [-0.4, -0.2) is 39.4 Å². The molecule has 4 rings (SSSR count). The van der Waals surface area contributed by atoms with Crippen molar-refractivity contribution in [2.24, 2.45) is 0 Å². The van der Waals surface area contributed by atoms with E-state index < -0.39 is 23.1 Å². The zero-order valence-electron chi connectivity index (χ0n) is 15.3. The number of carbonyl (C=O) groups is 2. The Hall–Kier alpha value is -3.16. The van der Waals surface area contributed by atoms with E-state index in [1.165, 1.54) is 11.0 Å². The molecule has 1 aliphatic carbocycles. The highest BCUT2D eigenvalue weighted by Gasteiger charge is 2.34. The van der Waals surface area contributed by atoms with E-state index in [9.17, 15) is 23.9 Å². The molecule has 0 bridgehead atoms. The maximum absolute atomic E-state index is 13.5. The van der Waals surface area contributed by atoms with Gasteiger partial charge in [-0.05, 0) is 48.9 Å². The Morgan fingerprint density at radius 2 is 2.11 bits per heavy atom. The minimum Gasteiger partial charge on any atom is -0.502 e. The Bertz CT molecular complexity index is 1040. The molecule has 1 aromatic heterocycles. The van der Waals surface area contributed by atoms with Crippen LogP contribution < -0.4 is 10.9 Å². The third-order valence-electron chi connectivity index (χ3n) is 5.16. The highest BCUT2D eigenvalue weighted by atomic mass is 19.1. The predicted molar refractivity (Wildman–Crippen MR) is 98.8 cm³/mol. The summed E-state index contributed by atoms with van der Waals surface area (Å²) in [6.45, 7) is 2.18. The molecule has 1 saturated carbocycles. The third kappa shape index (κ3) is 3.26. The van der Waals surface area contributed by atoms with Crippen molar-refractivity contribution in [3.8, 4) is 5.75 Å². The summed E-state index contributed by atoms with van der Waals surface area (Å²) in [6, 6.07) is 4.69. The molecule has 2 heterocycles. The van der Waals surface area contributed by atoms with Crippen molar-refractivity contribution in [3.05, 3.63) is 62.3 Å². The lowest BCUT2D eigenvalue weighted by Gasteiger charge is -2.30. The van der Waals surface area contributed by atoms with Gasteiger partial charge in [0, 0.05) is 19.1 Å². The molecular weight excluding hydrogens is 365 g/mol. The second kappa shape index (κ2) is 6.78. The number of pyridine rings is 1. The van der Waals surface area contributed by atoms with E-state index in [1.54, 1.807) is 19.1 Å². The molecule has 7 nitrogen and oxygen atoms in total. The highest BCUT2D eigenvalue weighted by Crippen LogP contribution is 2.28. The lowest BCUT2D eigenvalue weighted by Crippen LogP contribution is -2.40. The van der Waals surface area contributed by atoms with Crippen LogP contribution in [0.4, 0.5) is 4.39 Å². The van der Waals surface area contributed by atoms with Gasteiger partial charge in [-0.3, -0.25) is 14.4 Å². The first-order chi connectivity index (χ1) is 13.3. The van der Waals surface area contributed by atoms with Gasteiger partial charge < -0.3 is 20.3 Å². The van der Waals surface area contributed by atoms with Gasteiger partial charge in [-0.15, -0.1) is 0 Å². The first-order valence-corrected chi connectivity index (χ1v) is 9.18. The molecule has 0 radical (unpaired) electrons. The second-order valence-electron chi connectivity index (χ2n) is 7.34. The number of carbonyl (C=O) groups excluding carboxylic acids is 2. The molecule has 0 unspecified atom stereocenters. The first-order valence-electron chi connectivity index (χ1n) is 9.18. The normalized spacial score (nSPS) is 16.1. The van der Waals surface area contributed by atoms with E-state index in [-0.39, 0.29) is 29.7 Å². The molecule has 1 aromatic carbocycles. The number of H-pyrrole nitrogens is 1. The number of nitrogens with one attached hydrogen (secondary N) is 2. The lowest BCUT2D eigenvalue weighted by molar-refractivity contribution is 0.0722. The average molecular weight is 385 g/mol. The molecule has 2 amide bonds. The zero-order chi connectivity index (χ0) is 20.0. The van der Waals surface area contributed by atoms with Gasteiger partial charge in [0.05, 0.1) is 5.56 Å². The number of aromatic amines is 1. The van der Waals surface area contributed by atoms with Crippen molar-refractivity contribution in [1.29, 1.82) is 0 Å². The highest BCUT2D eigenvalue weighted by molar-refractivity contribution is 6.03. The van der Waals surface area contributed by atoms with Crippen molar-refractivity contribution >= 4 is 11.8 Å². The van der Waals surface area contributed by atoms with Gasteiger partial charge in [-0.25, -0.2) is 4.39 Å². The number of hydrogen-bond donors (Lipinski definition) is 3. The van der Waals surface area contributed by atoms with Crippen LogP contribution in [0.3, 0.4) is 0 Å². The number of rotatable bonds is 4. The van der Waals surface area contributed by atoms with E-state index in [1.807, 2.05) is 0 Å². The Morgan fingerprint density at radius 3 is 2.79 bits per heavy atom. The van der Waals surface area contributed by atoms with Gasteiger partial charge in [0.15, 0.2) is 5.75 Å². The van der Waals surface area contributed by atoms with Crippen molar-refractivity contribution in [2.75, 3.05) is 6.54 Å². The summed E-state index contributed by atoms with van der Waals surface area (Å²) in [5.74, 6) is -1.96. The Balaban J connectivity index is 1.66. The predicted octanol–water partition coefficient (Wildman–Crippen LogP) is 1.62. The zero-order valence-corrected chi connectivity index (χ0v) is 15.3. The fourth-order valence-corrected chi connectivity index (χ4v) is 3.47. The van der Waals surface area contributed by atoms with Gasteiger partial charge in [0.25, 0.3) is 17.4 Å². The number of aromatic nitrogens is 1. The van der Waals surface area contributed by atoms with Crippen molar-refractivity contribution in [3.63, 3.8) is 0 Å². The van der Waals surface area contributed by atoms with E-state index in [0.29, 0.717) is 24.1 Å². The number of benzene rings is 1. The van der Waals surface area contributed by atoms with Gasteiger partial charge in [-0.1, -0.05) is 12.1 Å². The molecule has 3 N–H and O–H groups in total. The van der Waals surface area contributed by atoms with Crippen LogP contribution in [0.1, 0.15) is 50.4 Å².